The number of carboxylic acid groups (broad SMARTS) is 1. The first-order valence-electron chi connectivity index (χ1n) is 11.1. The van der Waals surface area contributed by atoms with Crippen LogP contribution in [0, 0.1) is 5.41 Å². The Hall–Kier alpha value is -1.89. The molecule has 0 bridgehead atoms. The van der Waals surface area contributed by atoms with Gasteiger partial charge in [0.15, 0.2) is 0 Å². The maximum absolute atomic E-state index is 13.4. The summed E-state index contributed by atoms with van der Waals surface area (Å²) in [6.45, 7) is 14.3. The van der Waals surface area contributed by atoms with E-state index in [1.165, 1.54) is 6.92 Å². The number of nitrogens with zero attached hydrogens (tertiary/aromatic N) is 2. The Morgan fingerprint density at radius 1 is 1.23 bits per heavy atom. The van der Waals surface area contributed by atoms with Crippen LogP contribution in [0.1, 0.15) is 74.1 Å². The molecule has 0 radical (unpaired) electrons. The van der Waals surface area contributed by atoms with Crippen LogP contribution in [0.2, 0.25) is 0 Å². The number of likely N-dealkylation sites (tertiary alicyclic amines) is 1. The second-order valence-electron chi connectivity index (χ2n) is 9.73. The third kappa shape index (κ3) is 6.83. The summed E-state index contributed by atoms with van der Waals surface area (Å²) in [5.41, 5.74) is -0.282. The number of hydrogen-bond donors (Lipinski definition) is 2. The van der Waals surface area contributed by atoms with Crippen LogP contribution in [0.5, 0.6) is 0 Å². The highest BCUT2D eigenvalue weighted by molar-refractivity contribution is 5.91. The molecule has 1 fully saturated rings. The Morgan fingerprint density at radius 3 is 2.30 bits per heavy atom. The first kappa shape index (κ1) is 26.1. The Bertz CT molecular complexity index is 651. The van der Waals surface area contributed by atoms with E-state index in [1.54, 1.807) is 18.0 Å². The first-order chi connectivity index (χ1) is 13.8. The highest BCUT2D eigenvalue weighted by atomic mass is 16.4. The fraction of sp³-hybridized carbons (Fsp3) is 0.783. The number of carboxylic acids is 1. The maximum atomic E-state index is 13.4. The van der Waals surface area contributed by atoms with Crippen molar-refractivity contribution in [3.05, 3.63) is 11.6 Å². The minimum absolute atomic E-state index is 0.101. The molecule has 3 atom stereocenters. The van der Waals surface area contributed by atoms with Crippen LogP contribution < -0.4 is 5.32 Å². The molecule has 0 aromatic heterocycles. The minimum Gasteiger partial charge on any atom is -0.478 e. The summed E-state index contributed by atoms with van der Waals surface area (Å²) in [6.07, 6.45) is 5.07. The van der Waals surface area contributed by atoms with E-state index >= 15 is 0 Å². The zero-order valence-electron chi connectivity index (χ0n) is 20.0. The Morgan fingerprint density at radius 2 is 1.83 bits per heavy atom. The predicted octanol–water partition coefficient (Wildman–Crippen LogP) is 3.05. The largest absolute Gasteiger partial charge is 0.478 e. The van der Waals surface area contributed by atoms with Gasteiger partial charge in [0.2, 0.25) is 11.8 Å². The van der Waals surface area contributed by atoms with Gasteiger partial charge < -0.3 is 15.3 Å². The molecular formula is C23H41N3O4. The quantitative estimate of drug-likeness (QED) is 0.586. The van der Waals surface area contributed by atoms with Gasteiger partial charge in [-0.05, 0) is 52.0 Å². The van der Waals surface area contributed by atoms with Gasteiger partial charge >= 0.3 is 5.97 Å². The molecule has 0 spiro atoms. The third-order valence-corrected chi connectivity index (χ3v) is 5.95. The second kappa shape index (κ2) is 10.9. The summed E-state index contributed by atoms with van der Waals surface area (Å²) in [5.74, 6) is -1.31. The van der Waals surface area contributed by atoms with Crippen molar-refractivity contribution in [1.82, 2.24) is 15.1 Å². The first-order valence-corrected chi connectivity index (χ1v) is 11.1. The van der Waals surface area contributed by atoms with Crippen molar-refractivity contribution < 1.29 is 19.5 Å². The van der Waals surface area contributed by atoms with E-state index in [2.05, 4.69) is 24.1 Å². The fourth-order valence-corrected chi connectivity index (χ4v) is 3.97. The average Bonchev–Trinajstić information content (AvgIpc) is 2.67. The van der Waals surface area contributed by atoms with E-state index in [-0.39, 0.29) is 35.5 Å². The van der Waals surface area contributed by atoms with Gasteiger partial charge in [-0.3, -0.25) is 14.5 Å². The van der Waals surface area contributed by atoms with Crippen molar-refractivity contribution in [2.24, 2.45) is 5.41 Å². The molecule has 1 aliphatic rings. The molecule has 1 rings (SSSR count). The summed E-state index contributed by atoms with van der Waals surface area (Å²) in [5, 5.41) is 12.2. The molecule has 1 heterocycles. The summed E-state index contributed by atoms with van der Waals surface area (Å²) in [4.78, 5) is 41.6. The van der Waals surface area contributed by atoms with E-state index < -0.39 is 17.4 Å². The molecule has 0 saturated carbocycles. The van der Waals surface area contributed by atoms with Crippen molar-refractivity contribution in [3.63, 3.8) is 0 Å². The highest BCUT2D eigenvalue weighted by Gasteiger charge is 2.39. The standard InChI is InChI=1S/C23H41N3O4/c1-9-17(14-16(4)22(29)30)25(8)21(28)19(23(5,6)7)24-20(27)18-12-10-11-13-26(18)15(2)3/h14-15,17-19H,9-13H2,1-8H3,(H,24,27)(H,29,30)/t17-,18?,19+/m0/s1. The van der Waals surface area contributed by atoms with Crippen molar-refractivity contribution in [1.29, 1.82) is 0 Å². The van der Waals surface area contributed by atoms with Crippen LogP contribution in [-0.2, 0) is 14.4 Å². The molecule has 0 aromatic rings. The molecule has 0 aliphatic carbocycles. The molecule has 172 valence electrons. The minimum atomic E-state index is -0.999. The van der Waals surface area contributed by atoms with Crippen LogP contribution in [0.4, 0.5) is 0 Å². The van der Waals surface area contributed by atoms with Crippen molar-refractivity contribution in [2.45, 2.75) is 98.3 Å². The average molecular weight is 424 g/mol. The predicted molar refractivity (Wildman–Crippen MR) is 119 cm³/mol. The Labute approximate surface area is 181 Å². The normalized spacial score (nSPS) is 20.6. The van der Waals surface area contributed by atoms with Crippen LogP contribution >= 0.6 is 0 Å². The fourth-order valence-electron chi connectivity index (χ4n) is 3.97. The number of aliphatic carboxylic acids is 1. The molecule has 2 amide bonds. The van der Waals surface area contributed by atoms with Gasteiger partial charge in [-0.25, -0.2) is 4.79 Å². The SMILES string of the molecule is CC[C@@H](C=C(C)C(=O)O)N(C)C(=O)[C@@H](NC(=O)C1CCCCN1C(C)C)C(C)(C)C. The summed E-state index contributed by atoms with van der Waals surface area (Å²) in [6, 6.07) is -1.00. The number of carbonyl (C=O) groups is 3. The van der Waals surface area contributed by atoms with E-state index in [0.29, 0.717) is 6.42 Å². The topological polar surface area (TPSA) is 90.0 Å². The number of carbonyl (C=O) groups excluding carboxylic acids is 2. The lowest BCUT2D eigenvalue weighted by Gasteiger charge is -2.40. The molecule has 1 unspecified atom stereocenters. The Balaban J connectivity index is 3.08. The monoisotopic (exact) mass is 423 g/mol. The van der Waals surface area contributed by atoms with Gasteiger partial charge in [0.05, 0.1) is 12.1 Å². The summed E-state index contributed by atoms with van der Waals surface area (Å²) < 4.78 is 0. The molecule has 7 nitrogen and oxygen atoms in total. The summed E-state index contributed by atoms with van der Waals surface area (Å²) in [7, 11) is 1.67. The van der Waals surface area contributed by atoms with Crippen LogP contribution in [0.15, 0.2) is 11.6 Å². The van der Waals surface area contributed by atoms with Gasteiger partial charge in [-0.2, -0.15) is 0 Å². The molecular weight excluding hydrogens is 382 g/mol. The second-order valence-corrected chi connectivity index (χ2v) is 9.73. The van der Waals surface area contributed by atoms with Crippen molar-refractivity contribution >= 4 is 17.8 Å². The number of nitrogens with one attached hydrogen (secondary N) is 1. The highest BCUT2D eigenvalue weighted by Crippen LogP contribution is 2.25. The lowest BCUT2D eigenvalue weighted by Crippen LogP contribution is -2.60. The van der Waals surface area contributed by atoms with Crippen LogP contribution in [0.25, 0.3) is 0 Å². The van der Waals surface area contributed by atoms with Crippen LogP contribution in [-0.4, -0.2) is 70.4 Å². The maximum Gasteiger partial charge on any atom is 0.331 e. The molecule has 7 heteroatoms. The number of amides is 2. The lowest BCUT2D eigenvalue weighted by atomic mass is 9.85. The van der Waals surface area contributed by atoms with E-state index in [1.807, 2.05) is 27.7 Å². The third-order valence-electron chi connectivity index (χ3n) is 5.95. The number of hydrogen-bond acceptors (Lipinski definition) is 4. The van der Waals surface area contributed by atoms with Crippen LogP contribution in [0.3, 0.4) is 0 Å². The number of likely N-dealkylation sites (N-methyl/N-ethyl adjacent to an activating group) is 1. The molecule has 1 aliphatic heterocycles. The van der Waals surface area contributed by atoms with E-state index in [9.17, 15) is 19.5 Å². The lowest BCUT2D eigenvalue weighted by molar-refractivity contribution is -0.141. The van der Waals surface area contributed by atoms with Gasteiger partial charge in [-0.15, -0.1) is 0 Å². The Kier molecular flexibility index (Phi) is 9.53. The zero-order valence-corrected chi connectivity index (χ0v) is 20.0. The molecule has 1 saturated heterocycles. The van der Waals surface area contributed by atoms with Gasteiger partial charge in [-0.1, -0.05) is 40.2 Å². The van der Waals surface area contributed by atoms with E-state index in [4.69, 9.17) is 0 Å². The number of piperidine rings is 1. The van der Waals surface area contributed by atoms with Gasteiger partial charge in [0, 0.05) is 18.7 Å². The van der Waals surface area contributed by atoms with Gasteiger partial charge in [0.25, 0.3) is 0 Å². The molecule has 0 aromatic carbocycles. The molecule has 30 heavy (non-hydrogen) atoms. The molecule has 2 N–H and O–H groups in total. The van der Waals surface area contributed by atoms with E-state index in [0.717, 1.165) is 25.8 Å². The van der Waals surface area contributed by atoms with Gasteiger partial charge in [0.1, 0.15) is 6.04 Å². The zero-order chi connectivity index (χ0) is 23.2. The summed E-state index contributed by atoms with van der Waals surface area (Å²) >= 11 is 0. The van der Waals surface area contributed by atoms with Crippen molar-refractivity contribution in [3.8, 4) is 0 Å². The smallest absolute Gasteiger partial charge is 0.331 e. The number of rotatable bonds is 8. The van der Waals surface area contributed by atoms with Crippen molar-refractivity contribution in [2.75, 3.05) is 13.6 Å².